The standard InChI is InChI=1S/C16H14N2S/c1-10-5-6-14-13(9-10)17-16(19)12-4-2-3-11-7-8-18(14)15(11)12/h2-6,9H,7-8H2,1H3,(H,17,19). The van der Waals surface area contributed by atoms with Gasteiger partial charge in [0.25, 0.3) is 0 Å². The van der Waals surface area contributed by atoms with E-state index < -0.39 is 0 Å². The molecule has 0 saturated heterocycles. The lowest BCUT2D eigenvalue weighted by Gasteiger charge is -2.21. The number of para-hydroxylation sites is 1. The second-order valence-electron chi connectivity index (χ2n) is 5.19. The molecule has 0 spiro atoms. The van der Waals surface area contributed by atoms with Crippen LogP contribution in [0.3, 0.4) is 0 Å². The third kappa shape index (κ3) is 1.51. The van der Waals surface area contributed by atoms with Gasteiger partial charge in [-0.05, 0) is 42.7 Å². The van der Waals surface area contributed by atoms with Crippen LogP contribution in [0.15, 0.2) is 36.4 Å². The van der Waals surface area contributed by atoms with Gasteiger partial charge in [-0.25, -0.2) is 0 Å². The number of nitrogens with one attached hydrogen (secondary N) is 1. The van der Waals surface area contributed by atoms with Gasteiger partial charge in [0.05, 0.1) is 17.1 Å². The molecule has 19 heavy (non-hydrogen) atoms. The zero-order valence-electron chi connectivity index (χ0n) is 10.7. The van der Waals surface area contributed by atoms with E-state index in [0.29, 0.717) is 0 Å². The van der Waals surface area contributed by atoms with Crippen molar-refractivity contribution < 1.29 is 0 Å². The van der Waals surface area contributed by atoms with E-state index in [0.717, 1.165) is 29.2 Å². The fraction of sp³-hybridized carbons (Fsp3) is 0.188. The molecule has 0 aliphatic carbocycles. The molecule has 0 saturated carbocycles. The number of anilines is 3. The highest BCUT2D eigenvalue weighted by Crippen LogP contribution is 2.43. The van der Waals surface area contributed by atoms with Crippen LogP contribution in [-0.2, 0) is 6.42 Å². The molecular formula is C16H14N2S. The number of hydrogen-bond acceptors (Lipinski definition) is 2. The summed E-state index contributed by atoms with van der Waals surface area (Å²) in [6.45, 7) is 3.14. The largest absolute Gasteiger partial charge is 0.344 e. The van der Waals surface area contributed by atoms with Crippen molar-refractivity contribution in [1.29, 1.82) is 0 Å². The fourth-order valence-electron chi connectivity index (χ4n) is 3.06. The molecule has 0 amide bonds. The van der Waals surface area contributed by atoms with Gasteiger partial charge in [0.1, 0.15) is 4.99 Å². The average Bonchev–Trinajstić information content (AvgIpc) is 2.77. The van der Waals surface area contributed by atoms with Crippen LogP contribution < -0.4 is 10.2 Å². The lowest BCUT2D eigenvalue weighted by molar-refractivity contribution is 1.000. The summed E-state index contributed by atoms with van der Waals surface area (Å²) in [6, 6.07) is 13.0. The molecule has 0 fully saturated rings. The molecule has 0 atom stereocenters. The summed E-state index contributed by atoms with van der Waals surface area (Å²) in [6.07, 6.45) is 1.10. The first-order valence-corrected chi connectivity index (χ1v) is 6.96. The van der Waals surface area contributed by atoms with Crippen molar-refractivity contribution in [1.82, 2.24) is 0 Å². The number of thiocarbonyl (C=S) groups is 1. The highest BCUT2D eigenvalue weighted by Gasteiger charge is 2.29. The van der Waals surface area contributed by atoms with Gasteiger partial charge in [0.2, 0.25) is 0 Å². The molecule has 0 bridgehead atoms. The summed E-state index contributed by atoms with van der Waals surface area (Å²) in [7, 11) is 0. The number of rotatable bonds is 0. The maximum atomic E-state index is 5.57. The summed E-state index contributed by atoms with van der Waals surface area (Å²) in [5.74, 6) is 0. The van der Waals surface area contributed by atoms with Crippen LogP contribution in [0, 0.1) is 6.92 Å². The number of nitrogens with zero attached hydrogens (tertiary/aromatic N) is 1. The minimum absolute atomic E-state index is 0.827. The first-order chi connectivity index (χ1) is 9.24. The zero-order chi connectivity index (χ0) is 13.0. The average molecular weight is 266 g/mol. The molecule has 0 aromatic heterocycles. The predicted octanol–water partition coefficient (Wildman–Crippen LogP) is 3.79. The van der Waals surface area contributed by atoms with Crippen LogP contribution in [0.4, 0.5) is 17.1 Å². The highest BCUT2D eigenvalue weighted by molar-refractivity contribution is 7.81. The topological polar surface area (TPSA) is 15.3 Å². The SMILES string of the molecule is Cc1ccc2c(c1)NC(=S)c1cccc3c1N2CC3. The van der Waals surface area contributed by atoms with E-state index in [1.54, 1.807) is 0 Å². The summed E-state index contributed by atoms with van der Waals surface area (Å²) in [5.41, 5.74) is 7.45. The Hall–Kier alpha value is -1.87. The monoisotopic (exact) mass is 266 g/mol. The lowest BCUT2D eigenvalue weighted by Crippen LogP contribution is -2.13. The van der Waals surface area contributed by atoms with Gasteiger partial charge in [-0.15, -0.1) is 0 Å². The van der Waals surface area contributed by atoms with E-state index in [-0.39, 0.29) is 0 Å². The molecule has 2 aliphatic heterocycles. The maximum absolute atomic E-state index is 5.57. The van der Waals surface area contributed by atoms with Gasteiger partial charge in [-0.2, -0.15) is 0 Å². The molecule has 2 nitrogen and oxygen atoms in total. The summed E-state index contributed by atoms with van der Waals surface area (Å²) in [4.78, 5) is 3.22. The van der Waals surface area contributed by atoms with Crippen molar-refractivity contribution in [2.75, 3.05) is 16.8 Å². The summed E-state index contributed by atoms with van der Waals surface area (Å²) >= 11 is 5.57. The quantitative estimate of drug-likeness (QED) is 0.730. The molecule has 0 unspecified atom stereocenters. The second-order valence-corrected chi connectivity index (χ2v) is 5.60. The molecule has 2 heterocycles. The normalized spacial score (nSPS) is 15.6. The van der Waals surface area contributed by atoms with Crippen molar-refractivity contribution in [3.8, 4) is 0 Å². The fourth-order valence-corrected chi connectivity index (χ4v) is 3.33. The molecule has 0 radical (unpaired) electrons. The smallest absolute Gasteiger partial charge is 0.113 e. The third-order valence-electron chi connectivity index (χ3n) is 3.93. The Kier molecular flexibility index (Phi) is 2.21. The van der Waals surface area contributed by atoms with Gasteiger partial charge in [0.15, 0.2) is 0 Å². The predicted molar refractivity (Wildman–Crippen MR) is 83.7 cm³/mol. The first kappa shape index (κ1) is 11.0. The minimum atomic E-state index is 0.827. The summed E-state index contributed by atoms with van der Waals surface area (Å²) in [5, 5.41) is 3.40. The molecule has 3 heteroatoms. The number of aryl methyl sites for hydroxylation is 1. The Balaban J connectivity index is 2.02. The van der Waals surface area contributed by atoms with Crippen molar-refractivity contribution in [2.45, 2.75) is 13.3 Å². The third-order valence-corrected chi connectivity index (χ3v) is 4.25. The second kappa shape index (κ2) is 3.81. The van der Waals surface area contributed by atoms with Gasteiger partial charge in [-0.3, -0.25) is 0 Å². The zero-order valence-corrected chi connectivity index (χ0v) is 11.6. The Morgan fingerprint density at radius 2 is 2.11 bits per heavy atom. The lowest BCUT2D eigenvalue weighted by atomic mass is 10.1. The molecule has 94 valence electrons. The van der Waals surface area contributed by atoms with E-state index in [9.17, 15) is 0 Å². The van der Waals surface area contributed by atoms with Crippen LogP contribution in [0.1, 0.15) is 16.7 Å². The van der Waals surface area contributed by atoms with Gasteiger partial charge < -0.3 is 10.2 Å². The Morgan fingerprint density at radius 3 is 3.00 bits per heavy atom. The molecule has 1 N–H and O–H groups in total. The Labute approximate surface area is 118 Å². The van der Waals surface area contributed by atoms with E-state index >= 15 is 0 Å². The number of fused-ring (bicyclic) bond motifs is 2. The van der Waals surface area contributed by atoms with Crippen LogP contribution >= 0.6 is 12.2 Å². The Morgan fingerprint density at radius 1 is 1.21 bits per heavy atom. The van der Waals surface area contributed by atoms with Gasteiger partial charge in [-0.1, -0.05) is 30.4 Å². The van der Waals surface area contributed by atoms with Crippen LogP contribution in [-0.4, -0.2) is 11.5 Å². The van der Waals surface area contributed by atoms with Crippen LogP contribution in [0.5, 0.6) is 0 Å². The molecule has 2 aromatic rings. The van der Waals surface area contributed by atoms with Crippen molar-refractivity contribution >= 4 is 34.3 Å². The minimum Gasteiger partial charge on any atom is -0.344 e. The maximum Gasteiger partial charge on any atom is 0.113 e. The molecule has 2 aliphatic rings. The molecular weight excluding hydrogens is 252 g/mol. The molecule has 2 aromatic carbocycles. The van der Waals surface area contributed by atoms with Gasteiger partial charge >= 0.3 is 0 Å². The first-order valence-electron chi connectivity index (χ1n) is 6.55. The van der Waals surface area contributed by atoms with Crippen LogP contribution in [0.25, 0.3) is 0 Å². The van der Waals surface area contributed by atoms with E-state index in [1.807, 2.05) is 0 Å². The van der Waals surface area contributed by atoms with E-state index in [1.165, 1.54) is 22.5 Å². The highest BCUT2D eigenvalue weighted by atomic mass is 32.1. The molecule has 4 rings (SSSR count). The summed E-state index contributed by atoms with van der Waals surface area (Å²) < 4.78 is 0. The number of hydrogen-bond donors (Lipinski definition) is 1. The van der Waals surface area contributed by atoms with Crippen molar-refractivity contribution in [3.63, 3.8) is 0 Å². The van der Waals surface area contributed by atoms with Crippen molar-refractivity contribution in [3.05, 3.63) is 53.1 Å². The van der Waals surface area contributed by atoms with Gasteiger partial charge in [0, 0.05) is 12.1 Å². The Bertz CT molecular complexity index is 706. The van der Waals surface area contributed by atoms with E-state index in [4.69, 9.17) is 12.2 Å². The van der Waals surface area contributed by atoms with E-state index in [2.05, 4.69) is 53.5 Å². The van der Waals surface area contributed by atoms with Crippen LogP contribution in [0.2, 0.25) is 0 Å². The number of benzene rings is 2. The van der Waals surface area contributed by atoms with Crippen molar-refractivity contribution in [2.24, 2.45) is 0 Å².